The lowest BCUT2D eigenvalue weighted by atomic mass is 10.3. The molecule has 0 aromatic carbocycles. The van der Waals surface area contributed by atoms with Crippen LogP contribution in [0.4, 0.5) is 0 Å². The molecule has 0 aliphatic heterocycles. The number of aliphatic hydroxyl groups is 1. The van der Waals surface area contributed by atoms with E-state index >= 15 is 0 Å². The highest BCUT2D eigenvalue weighted by Gasteiger charge is 2.06. The number of carboxylic acid groups (broad SMARTS) is 1. The Hall–Kier alpha value is -0.610. The summed E-state index contributed by atoms with van der Waals surface area (Å²) in [6.45, 7) is -0.505. The molecule has 0 spiro atoms. The van der Waals surface area contributed by atoms with Crippen molar-refractivity contribution in [2.24, 2.45) is 5.73 Å². The summed E-state index contributed by atoms with van der Waals surface area (Å²) in [7, 11) is 0. The van der Waals surface area contributed by atoms with Gasteiger partial charge in [0.2, 0.25) is 0 Å². The second-order valence-corrected chi connectivity index (χ2v) is 1.13. The zero-order chi connectivity index (χ0) is 5.86. The van der Waals surface area contributed by atoms with Crippen molar-refractivity contribution in [2.75, 3.05) is 6.61 Å². The summed E-state index contributed by atoms with van der Waals surface area (Å²) in [5, 5.41) is 15.9. The standard InChI is InChI=1S/C3H7NO3.H/c4-2(1-5)3(6)7;/h2,5H,1,4H2,(H,6,7);. The van der Waals surface area contributed by atoms with Gasteiger partial charge in [0.1, 0.15) is 6.04 Å². The van der Waals surface area contributed by atoms with Gasteiger partial charge in [-0.1, -0.05) is 0 Å². The highest BCUT2D eigenvalue weighted by molar-refractivity contribution is 5.73. The summed E-state index contributed by atoms with van der Waals surface area (Å²) in [4.78, 5) is 9.65. The van der Waals surface area contributed by atoms with Gasteiger partial charge in [0, 0.05) is 1.43 Å². The quantitative estimate of drug-likeness (QED) is 0.400. The molecule has 0 fully saturated rings. The first-order valence-electron chi connectivity index (χ1n) is 1.77. The van der Waals surface area contributed by atoms with E-state index in [-0.39, 0.29) is 1.43 Å². The van der Waals surface area contributed by atoms with Crippen LogP contribution in [0, 0.1) is 0 Å². The van der Waals surface area contributed by atoms with Crippen molar-refractivity contribution in [3.63, 3.8) is 0 Å². The van der Waals surface area contributed by atoms with Crippen molar-refractivity contribution in [1.29, 1.82) is 0 Å². The molecule has 0 aromatic rings. The minimum atomic E-state index is -1.18. The summed E-state index contributed by atoms with van der Waals surface area (Å²) < 4.78 is 0. The minimum Gasteiger partial charge on any atom is -0.480 e. The third-order valence-electron chi connectivity index (χ3n) is 0.514. The zero-order valence-corrected chi connectivity index (χ0v) is 3.66. The van der Waals surface area contributed by atoms with Crippen LogP contribution in [-0.2, 0) is 4.79 Å². The number of nitrogens with two attached hydrogens (primary N) is 1. The molecule has 1 atom stereocenters. The van der Waals surface area contributed by atoms with Crippen molar-refractivity contribution < 1.29 is 16.4 Å². The van der Waals surface area contributed by atoms with Crippen LogP contribution in [0.15, 0.2) is 0 Å². The van der Waals surface area contributed by atoms with Crippen LogP contribution in [0.1, 0.15) is 1.43 Å². The number of aliphatic hydroxyl groups excluding tert-OH is 1. The molecule has 7 heavy (non-hydrogen) atoms. The van der Waals surface area contributed by atoms with E-state index in [1.165, 1.54) is 0 Å². The Morgan fingerprint density at radius 3 is 2.43 bits per heavy atom. The van der Waals surface area contributed by atoms with Gasteiger partial charge in [-0.15, -0.1) is 0 Å². The Morgan fingerprint density at radius 2 is 2.43 bits per heavy atom. The Morgan fingerprint density at radius 1 is 2.00 bits per heavy atom. The number of hydrogen-bond donors (Lipinski definition) is 3. The first kappa shape index (κ1) is 6.39. The molecule has 0 aliphatic rings. The highest BCUT2D eigenvalue weighted by Crippen LogP contribution is 1.71. The van der Waals surface area contributed by atoms with E-state index < -0.39 is 18.6 Å². The number of hydrogen-bond acceptors (Lipinski definition) is 3. The van der Waals surface area contributed by atoms with Gasteiger partial charge in [-0.25, -0.2) is 0 Å². The van der Waals surface area contributed by atoms with Crippen LogP contribution in [0.3, 0.4) is 0 Å². The second kappa shape index (κ2) is 2.54. The number of carboxylic acids is 1. The van der Waals surface area contributed by atoms with Crippen LogP contribution >= 0.6 is 0 Å². The van der Waals surface area contributed by atoms with E-state index in [4.69, 9.17) is 15.9 Å². The van der Waals surface area contributed by atoms with Crippen molar-refractivity contribution in [3.05, 3.63) is 0 Å². The second-order valence-electron chi connectivity index (χ2n) is 1.13. The summed E-state index contributed by atoms with van der Waals surface area (Å²) in [6.07, 6.45) is 0. The van der Waals surface area contributed by atoms with E-state index in [2.05, 4.69) is 0 Å². The molecule has 0 saturated carbocycles. The Labute approximate surface area is 42.0 Å². The van der Waals surface area contributed by atoms with Crippen molar-refractivity contribution in [2.45, 2.75) is 6.04 Å². The lowest BCUT2D eigenvalue weighted by Crippen LogP contribution is -2.33. The third kappa shape index (κ3) is 2.13. The predicted octanol–water partition coefficient (Wildman–Crippen LogP) is -1.50. The molecule has 0 rings (SSSR count). The first-order valence-corrected chi connectivity index (χ1v) is 1.77. The smallest absolute Gasteiger partial charge is 0.322 e. The van der Waals surface area contributed by atoms with Gasteiger partial charge in [-0.3, -0.25) is 4.79 Å². The molecule has 4 heteroatoms. The lowest BCUT2D eigenvalue weighted by molar-refractivity contribution is -0.139. The summed E-state index contributed by atoms with van der Waals surface area (Å²) >= 11 is 0. The molecule has 1 radical (unpaired) electrons. The third-order valence-corrected chi connectivity index (χ3v) is 0.514. The molecule has 0 aliphatic carbocycles. The Bertz CT molecular complexity index is 76.9. The Kier molecular flexibility index (Phi) is 2.32. The molecule has 0 bridgehead atoms. The molecule has 0 aromatic heterocycles. The van der Waals surface area contributed by atoms with Gasteiger partial charge in [-0.2, -0.15) is 0 Å². The van der Waals surface area contributed by atoms with Crippen LogP contribution in [0.2, 0.25) is 0 Å². The SMILES string of the molecule is NC(CO)C(=O)O.[H]. The molecule has 1 unspecified atom stereocenters. The van der Waals surface area contributed by atoms with Gasteiger partial charge in [0.05, 0.1) is 6.61 Å². The van der Waals surface area contributed by atoms with E-state index in [1.54, 1.807) is 0 Å². The molecular weight excluding hydrogens is 98.0 g/mol. The van der Waals surface area contributed by atoms with Crippen molar-refractivity contribution in [1.82, 2.24) is 0 Å². The summed E-state index contributed by atoms with van der Waals surface area (Å²) in [5.74, 6) is -1.18. The van der Waals surface area contributed by atoms with E-state index in [0.717, 1.165) is 0 Å². The molecule has 0 heterocycles. The summed E-state index contributed by atoms with van der Waals surface area (Å²) in [6, 6.07) is -1.13. The summed E-state index contributed by atoms with van der Waals surface area (Å²) in [5.41, 5.74) is 4.77. The molecule has 0 amide bonds. The molecule has 43 valence electrons. The maximum Gasteiger partial charge on any atom is 0.322 e. The van der Waals surface area contributed by atoms with E-state index in [9.17, 15) is 4.79 Å². The van der Waals surface area contributed by atoms with E-state index in [0.29, 0.717) is 0 Å². The normalized spacial score (nSPS) is 13.4. The molecule has 4 nitrogen and oxygen atoms in total. The fourth-order valence-corrected chi connectivity index (χ4v) is 0.0781. The zero-order valence-electron chi connectivity index (χ0n) is 4.66. The number of rotatable bonds is 2. The maximum atomic E-state index is 9.65. The fraction of sp³-hybridized carbons (Fsp3) is 0.667. The monoisotopic (exact) mass is 106 g/mol. The fourth-order valence-electron chi connectivity index (χ4n) is 0.0781. The Balaban J connectivity index is 0. The van der Waals surface area contributed by atoms with Crippen LogP contribution < -0.4 is 5.73 Å². The van der Waals surface area contributed by atoms with Gasteiger partial charge in [0.25, 0.3) is 0 Å². The van der Waals surface area contributed by atoms with Gasteiger partial charge in [-0.05, 0) is 0 Å². The number of carbonyl (C=O) groups is 1. The van der Waals surface area contributed by atoms with Gasteiger partial charge < -0.3 is 15.9 Å². The van der Waals surface area contributed by atoms with E-state index in [1.807, 2.05) is 0 Å². The maximum absolute atomic E-state index is 9.65. The van der Waals surface area contributed by atoms with Crippen LogP contribution in [-0.4, -0.2) is 28.8 Å². The van der Waals surface area contributed by atoms with Gasteiger partial charge in [0.15, 0.2) is 0 Å². The molecule has 4 N–H and O–H groups in total. The first-order chi connectivity index (χ1) is 3.18. The largest absolute Gasteiger partial charge is 0.480 e. The number of aliphatic carboxylic acids is 1. The van der Waals surface area contributed by atoms with Crippen molar-refractivity contribution in [3.8, 4) is 0 Å². The predicted molar refractivity (Wildman–Crippen MR) is 23.8 cm³/mol. The highest BCUT2D eigenvalue weighted by atomic mass is 16.4. The van der Waals surface area contributed by atoms with Crippen LogP contribution in [0.5, 0.6) is 0 Å². The average molecular weight is 106 g/mol. The average Bonchev–Trinajstić information content (AvgIpc) is 1.65. The molecular formula is C3H8NO3. The van der Waals surface area contributed by atoms with Crippen molar-refractivity contribution >= 4 is 5.97 Å². The molecule has 0 saturated heterocycles. The minimum absolute atomic E-state index is 0. The van der Waals surface area contributed by atoms with Crippen LogP contribution in [0.25, 0.3) is 0 Å². The lowest BCUT2D eigenvalue weighted by Gasteiger charge is -1.96. The topological polar surface area (TPSA) is 83.5 Å². The van der Waals surface area contributed by atoms with Gasteiger partial charge >= 0.3 is 5.97 Å².